The minimum Gasteiger partial charge on any atom is -0.465 e. The molecule has 1 aliphatic rings. The highest BCUT2D eigenvalue weighted by Gasteiger charge is 2.26. The Bertz CT molecular complexity index is 875. The zero-order valence-electron chi connectivity index (χ0n) is 14.3. The lowest BCUT2D eigenvalue weighted by Crippen LogP contribution is -2.17. The highest BCUT2D eigenvalue weighted by molar-refractivity contribution is 7.99. The van der Waals surface area contributed by atoms with Crippen LogP contribution in [0.1, 0.15) is 40.1 Å². The lowest BCUT2D eigenvalue weighted by molar-refractivity contribution is -0.113. The molecule has 1 amide bonds. The average Bonchev–Trinajstić information content (AvgIpc) is 2.80. The van der Waals surface area contributed by atoms with E-state index in [0.717, 1.165) is 54.3 Å². The van der Waals surface area contributed by atoms with Gasteiger partial charge < -0.3 is 15.0 Å². The van der Waals surface area contributed by atoms with Crippen molar-refractivity contribution in [2.45, 2.75) is 37.3 Å². The molecule has 138 valence electrons. The van der Waals surface area contributed by atoms with E-state index in [1.165, 1.54) is 30.7 Å². The second-order valence-corrected chi connectivity index (χ2v) is 7.91. The molecule has 9 heteroatoms. The van der Waals surface area contributed by atoms with Crippen molar-refractivity contribution in [3.05, 3.63) is 38.6 Å². The third-order valence-electron chi connectivity index (χ3n) is 4.05. The molecule has 1 aliphatic carbocycles. The second-order valence-electron chi connectivity index (χ2n) is 5.84. The monoisotopic (exact) mass is 393 g/mol. The molecule has 0 aromatic carbocycles. The third-order valence-corrected chi connectivity index (χ3v) is 6.15. The highest BCUT2D eigenvalue weighted by atomic mass is 32.2. The number of H-pyrrole nitrogens is 1. The maximum atomic E-state index is 12.3. The Hall–Kier alpha value is -2.13. The van der Waals surface area contributed by atoms with E-state index in [1.807, 2.05) is 0 Å². The fourth-order valence-corrected chi connectivity index (χ4v) is 4.81. The minimum atomic E-state index is -0.415. The summed E-state index contributed by atoms with van der Waals surface area (Å²) in [5.74, 6) is -0.597. The number of carbonyl (C=O) groups excluding carboxylic acids is 2. The summed E-state index contributed by atoms with van der Waals surface area (Å²) in [6, 6.07) is 1.31. The summed E-state index contributed by atoms with van der Waals surface area (Å²) in [5, 5.41) is 3.75. The van der Waals surface area contributed by atoms with Crippen molar-refractivity contribution >= 4 is 40.0 Å². The number of rotatable bonds is 5. The van der Waals surface area contributed by atoms with Gasteiger partial charge in [-0.25, -0.2) is 9.78 Å². The molecule has 0 aliphatic heterocycles. The fourth-order valence-electron chi connectivity index (χ4n) is 2.87. The highest BCUT2D eigenvalue weighted by Crippen LogP contribution is 2.38. The molecule has 2 aromatic rings. The van der Waals surface area contributed by atoms with Gasteiger partial charge in [0.2, 0.25) is 5.91 Å². The van der Waals surface area contributed by atoms with E-state index in [4.69, 9.17) is 4.74 Å². The molecule has 2 heterocycles. The number of aromatic nitrogens is 2. The number of esters is 1. The van der Waals surface area contributed by atoms with Crippen molar-refractivity contribution in [2.75, 3.05) is 18.2 Å². The van der Waals surface area contributed by atoms with Gasteiger partial charge in [-0.1, -0.05) is 18.2 Å². The molecule has 0 radical (unpaired) electrons. The first-order valence-electron chi connectivity index (χ1n) is 8.29. The van der Waals surface area contributed by atoms with Crippen LogP contribution in [-0.4, -0.2) is 34.7 Å². The molecule has 2 aromatic heterocycles. The first-order chi connectivity index (χ1) is 12.6. The summed E-state index contributed by atoms with van der Waals surface area (Å²) in [7, 11) is 1.35. The van der Waals surface area contributed by atoms with Crippen LogP contribution in [0.25, 0.3) is 0 Å². The maximum absolute atomic E-state index is 12.3. The van der Waals surface area contributed by atoms with E-state index in [9.17, 15) is 14.4 Å². The number of hydrogen-bond acceptors (Lipinski definition) is 7. The summed E-state index contributed by atoms with van der Waals surface area (Å²) >= 11 is 2.59. The standard InChI is InChI=1S/C17H19N3O4S2/c1-24-16(23)14-10-5-3-2-4-6-11(10)26-15(14)19-13(22)9-25-17-18-8-7-12(21)20-17/h7-8H,2-6,9H2,1H3,(H,19,22)(H,18,20,21). The minimum absolute atomic E-state index is 0.0795. The number of thiophene rings is 1. The summed E-state index contributed by atoms with van der Waals surface area (Å²) in [4.78, 5) is 43.5. The van der Waals surface area contributed by atoms with Gasteiger partial charge in [-0.2, -0.15) is 0 Å². The molecule has 0 saturated heterocycles. The summed E-state index contributed by atoms with van der Waals surface area (Å²) in [6.45, 7) is 0. The zero-order chi connectivity index (χ0) is 18.5. The number of methoxy groups -OCH3 is 1. The number of nitrogens with zero attached hydrogens (tertiary/aromatic N) is 1. The van der Waals surface area contributed by atoms with E-state index in [0.29, 0.717) is 15.7 Å². The van der Waals surface area contributed by atoms with Gasteiger partial charge in [0.25, 0.3) is 5.56 Å². The van der Waals surface area contributed by atoms with Gasteiger partial charge >= 0.3 is 5.97 Å². The smallest absolute Gasteiger partial charge is 0.341 e. The first kappa shape index (κ1) is 18.7. The normalized spacial score (nSPS) is 13.6. The Labute approximate surface area is 158 Å². The molecule has 3 rings (SSSR count). The van der Waals surface area contributed by atoms with Crippen molar-refractivity contribution in [1.82, 2.24) is 9.97 Å². The Balaban J connectivity index is 1.75. The van der Waals surface area contributed by atoms with Crippen LogP contribution >= 0.6 is 23.1 Å². The largest absolute Gasteiger partial charge is 0.465 e. The number of carbonyl (C=O) groups is 2. The molecule has 0 saturated carbocycles. The molecule has 0 fully saturated rings. The van der Waals surface area contributed by atoms with Crippen LogP contribution in [-0.2, 0) is 22.4 Å². The van der Waals surface area contributed by atoms with Gasteiger partial charge in [0.1, 0.15) is 5.00 Å². The van der Waals surface area contributed by atoms with E-state index in [-0.39, 0.29) is 17.2 Å². The fraction of sp³-hybridized carbons (Fsp3) is 0.412. The predicted molar refractivity (Wildman–Crippen MR) is 101 cm³/mol. The molecule has 7 nitrogen and oxygen atoms in total. The molecule has 0 spiro atoms. The van der Waals surface area contributed by atoms with Gasteiger partial charge in [0.15, 0.2) is 5.16 Å². The topological polar surface area (TPSA) is 101 Å². The molecule has 26 heavy (non-hydrogen) atoms. The van der Waals surface area contributed by atoms with E-state index in [2.05, 4.69) is 15.3 Å². The van der Waals surface area contributed by atoms with Crippen molar-refractivity contribution < 1.29 is 14.3 Å². The SMILES string of the molecule is COC(=O)c1c(NC(=O)CSc2nccc(=O)[nH]2)sc2c1CCCCC2. The summed E-state index contributed by atoms with van der Waals surface area (Å²) in [6.07, 6.45) is 6.40. The van der Waals surface area contributed by atoms with E-state index < -0.39 is 5.97 Å². The number of hydrogen-bond donors (Lipinski definition) is 2. The van der Waals surface area contributed by atoms with Gasteiger partial charge in [-0.3, -0.25) is 9.59 Å². The van der Waals surface area contributed by atoms with Crippen molar-refractivity contribution in [2.24, 2.45) is 0 Å². The number of amides is 1. The molecule has 0 atom stereocenters. The maximum Gasteiger partial charge on any atom is 0.341 e. The molecular formula is C17H19N3O4S2. The van der Waals surface area contributed by atoms with Crippen molar-refractivity contribution in [3.8, 4) is 0 Å². The quantitative estimate of drug-likeness (QED) is 0.350. The van der Waals surface area contributed by atoms with Crippen LogP contribution in [0.15, 0.2) is 22.2 Å². The number of aromatic amines is 1. The third kappa shape index (κ3) is 4.34. The van der Waals surface area contributed by atoms with Crippen LogP contribution in [0, 0.1) is 0 Å². The predicted octanol–water partition coefficient (Wildman–Crippen LogP) is 2.62. The molecule has 0 unspecified atom stereocenters. The molecule has 0 bridgehead atoms. The number of fused-ring (bicyclic) bond motifs is 1. The number of aryl methyl sites for hydroxylation is 1. The summed E-state index contributed by atoms with van der Waals surface area (Å²) < 4.78 is 4.93. The average molecular weight is 393 g/mol. The van der Waals surface area contributed by atoms with E-state index >= 15 is 0 Å². The first-order valence-corrected chi connectivity index (χ1v) is 10.1. The van der Waals surface area contributed by atoms with Crippen LogP contribution in [0.2, 0.25) is 0 Å². The Morgan fingerprint density at radius 2 is 2.15 bits per heavy atom. The Morgan fingerprint density at radius 3 is 2.92 bits per heavy atom. The van der Waals surface area contributed by atoms with E-state index in [1.54, 1.807) is 0 Å². The Kier molecular flexibility index (Phi) is 6.10. The number of thioether (sulfide) groups is 1. The van der Waals surface area contributed by atoms with Crippen LogP contribution in [0.3, 0.4) is 0 Å². The molecule has 2 N–H and O–H groups in total. The number of nitrogens with one attached hydrogen (secondary N) is 2. The van der Waals surface area contributed by atoms with Crippen LogP contribution in [0.4, 0.5) is 5.00 Å². The lowest BCUT2D eigenvalue weighted by atomic mass is 10.1. The molecular weight excluding hydrogens is 374 g/mol. The second kappa shape index (κ2) is 8.50. The lowest BCUT2D eigenvalue weighted by Gasteiger charge is -2.07. The Morgan fingerprint density at radius 1 is 1.35 bits per heavy atom. The van der Waals surface area contributed by atoms with Crippen molar-refractivity contribution in [3.63, 3.8) is 0 Å². The summed E-state index contributed by atoms with van der Waals surface area (Å²) in [5.41, 5.74) is 1.23. The number of ether oxygens (including phenoxy) is 1. The van der Waals surface area contributed by atoms with Crippen molar-refractivity contribution in [1.29, 1.82) is 0 Å². The number of anilines is 1. The van der Waals surface area contributed by atoms with Gasteiger partial charge in [-0.05, 0) is 31.2 Å². The van der Waals surface area contributed by atoms with Crippen LogP contribution in [0.5, 0.6) is 0 Å². The van der Waals surface area contributed by atoms with Gasteiger partial charge in [0.05, 0.1) is 18.4 Å². The van der Waals surface area contributed by atoms with Crippen LogP contribution < -0.4 is 10.9 Å². The zero-order valence-corrected chi connectivity index (χ0v) is 15.9. The van der Waals surface area contributed by atoms with Gasteiger partial charge in [0, 0.05) is 17.1 Å². The van der Waals surface area contributed by atoms with Gasteiger partial charge in [-0.15, -0.1) is 11.3 Å².